The van der Waals surface area contributed by atoms with E-state index in [4.69, 9.17) is 16.3 Å². The average Bonchev–Trinajstić information content (AvgIpc) is 2.64. The van der Waals surface area contributed by atoms with E-state index in [0.717, 1.165) is 18.7 Å². The summed E-state index contributed by atoms with van der Waals surface area (Å²) in [5.74, 6) is -1.02. The summed E-state index contributed by atoms with van der Waals surface area (Å²) in [4.78, 5) is 29.4. The quantitative estimate of drug-likeness (QED) is 0.444. The fourth-order valence-corrected chi connectivity index (χ4v) is 2.35. The van der Waals surface area contributed by atoms with Crippen molar-refractivity contribution < 1.29 is 14.3 Å². The van der Waals surface area contributed by atoms with Crippen LogP contribution >= 0.6 is 11.6 Å². The number of pyridine rings is 1. The maximum atomic E-state index is 11.8. The Morgan fingerprint density at radius 2 is 1.96 bits per heavy atom. The Balaban J connectivity index is 1.64. The summed E-state index contributed by atoms with van der Waals surface area (Å²) >= 11 is 5.80. The van der Waals surface area contributed by atoms with Gasteiger partial charge in [0.15, 0.2) is 6.61 Å². The number of benzene rings is 1. The fourth-order valence-electron chi connectivity index (χ4n) is 2.15. The molecule has 1 aromatic heterocycles. The maximum absolute atomic E-state index is 11.8. The second-order valence-electron chi connectivity index (χ2n) is 5.38. The molecule has 1 heterocycles. The third-order valence-electron chi connectivity index (χ3n) is 3.50. The van der Waals surface area contributed by atoms with Gasteiger partial charge in [0, 0.05) is 32.0 Å². The molecule has 7 heteroatoms. The van der Waals surface area contributed by atoms with E-state index in [9.17, 15) is 9.59 Å². The summed E-state index contributed by atoms with van der Waals surface area (Å²) in [5.41, 5.74) is 1.26. The summed E-state index contributed by atoms with van der Waals surface area (Å²) in [6.07, 6.45) is 2.25. The summed E-state index contributed by atoms with van der Waals surface area (Å²) in [6, 6.07) is 13.1. The van der Waals surface area contributed by atoms with Crippen LogP contribution in [0.2, 0.25) is 5.15 Å². The van der Waals surface area contributed by atoms with Crippen molar-refractivity contribution in [2.75, 3.05) is 31.6 Å². The van der Waals surface area contributed by atoms with Gasteiger partial charge in [-0.25, -0.2) is 9.78 Å². The fraction of sp³-hybridized carbons (Fsp3) is 0.278. The normalized spacial score (nSPS) is 10.2. The van der Waals surface area contributed by atoms with Crippen molar-refractivity contribution in [1.82, 2.24) is 10.3 Å². The number of carbonyl (C=O) groups excluding carboxylic acids is 2. The molecular formula is C18H20ClN3O3. The lowest BCUT2D eigenvalue weighted by atomic mass is 10.3. The van der Waals surface area contributed by atoms with Crippen molar-refractivity contribution in [3.05, 3.63) is 59.4 Å². The Morgan fingerprint density at radius 1 is 1.20 bits per heavy atom. The number of hydrogen-bond acceptors (Lipinski definition) is 5. The van der Waals surface area contributed by atoms with E-state index >= 15 is 0 Å². The Labute approximate surface area is 151 Å². The van der Waals surface area contributed by atoms with Gasteiger partial charge in [-0.15, -0.1) is 0 Å². The van der Waals surface area contributed by atoms with E-state index in [-0.39, 0.29) is 23.2 Å². The van der Waals surface area contributed by atoms with Gasteiger partial charge in [0.1, 0.15) is 5.15 Å². The Kier molecular flexibility index (Phi) is 7.22. The van der Waals surface area contributed by atoms with Gasteiger partial charge < -0.3 is 15.0 Å². The van der Waals surface area contributed by atoms with Gasteiger partial charge >= 0.3 is 5.97 Å². The van der Waals surface area contributed by atoms with Crippen LogP contribution in [0.3, 0.4) is 0 Å². The van der Waals surface area contributed by atoms with Crippen LogP contribution in [0.25, 0.3) is 0 Å². The third-order valence-corrected chi connectivity index (χ3v) is 3.80. The summed E-state index contributed by atoms with van der Waals surface area (Å²) in [5, 5.41) is 2.77. The van der Waals surface area contributed by atoms with Crippen LogP contribution in [0, 0.1) is 0 Å². The molecule has 0 aliphatic rings. The van der Waals surface area contributed by atoms with E-state index in [1.54, 1.807) is 6.07 Å². The molecule has 0 unspecified atom stereocenters. The first-order valence-electron chi connectivity index (χ1n) is 7.88. The second kappa shape index (κ2) is 9.64. The van der Waals surface area contributed by atoms with Gasteiger partial charge in [-0.05, 0) is 30.7 Å². The minimum atomic E-state index is -0.669. The van der Waals surface area contributed by atoms with Crippen molar-refractivity contribution >= 4 is 29.2 Å². The number of esters is 1. The largest absolute Gasteiger partial charge is 0.452 e. The molecule has 132 valence electrons. The van der Waals surface area contributed by atoms with Crippen LogP contribution in [0.4, 0.5) is 5.69 Å². The number of nitrogens with zero attached hydrogens (tertiary/aromatic N) is 2. The lowest BCUT2D eigenvalue weighted by Gasteiger charge is -2.19. The van der Waals surface area contributed by atoms with Gasteiger partial charge in [0.2, 0.25) is 0 Å². The number of ether oxygens (including phenoxy) is 1. The molecule has 1 aromatic carbocycles. The molecule has 1 N–H and O–H groups in total. The van der Waals surface area contributed by atoms with Gasteiger partial charge in [-0.3, -0.25) is 4.79 Å². The number of carbonyl (C=O) groups is 2. The van der Waals surface area contributed by atoms with Crippen molar-refractivity contribution in [2.24, 2.45) is 0 Å². The molecule has 0 saturated heterocycles. The van der Waals surface area contributed by atoms with Crippen molar-refractivity contribution in [1.29, 1.82) is 0 Å². The smallest absolute Gasteiger partial charge is 0.341 e. The molecule has 25 heavy (non-hydrogen) atoms. The first-order valence-corrected chi connectivity index (χ1v) is 8.26. The van der Waals surface area contributed by atoms with E-state index in [1.807, 2.05) is 37.4 Å². The number of anilines is 1. The molecule has 0 bridgehead atoms. The molecule has 0 spiro atoms. The number of halogens is 1. The number of amides is 1. The van der Waals surface area contributed by atoms with Crippen LogP contribution in [-0.2, 0) is 9.53 Å². The third kappa shape index (κ3) is 6.08. The highest BCUT2D eigenvalue weighted by Crippen LogP contribution is 2.12. The molecule has 0 atom stereocenters. The summed E-state index contributed by atoms with van der Waals surface area (Å²) in [7, 11) is 2.00. The van der Waals surface area contributed by atoms with Crippen LogP contribution < -0.4 is 10.2 Å². The highest BCUT2D eigenvalue weighted by atomic mass is 35.5. The topological polar surface area (TPSA) is 71.5 Å². The van der Waals surface area contributed by atoms with Crippen LogP contribution in [0.15, 0.2) is 48.7 Å². The molecule has 0 saturated carbocycles. The number of aromatic nitrogens is 1. The predicted octanol–water partition coefficient (Wildman–Crippen LogP) is 2.53. The summed E-state index contributed by atoms with van der Waals surface area (Å²) in [6.45, 7) is 0.954. The van der Waals surface area contributed by atoms with Crippen LogP contribution in [0.1, 0.15) is 16.8 Å². The van der Waals surface area contributed by atoms with E-state index < -0.39 is 5.97 Å². The van der Waals surface area contributed by atoms with Crippen molar-refractivity contribution in [3.8, 4) is 0 Å². The lowest BCUT2D eigenvalue weighted by Crippen LogP contribution is -2.31. The van der Waals surface area contributed by atoms with E-state index in [0.29, 0.717) is 6.54 Å². The van der Waals surface area contributed by atoms with Gasteiger partial charge in [-0.1, -0.05) is 29.8 Å². The molecule has 2 rings (SSSR count). The Hall–Kier alpha value is -2.60. The summed E-state index contributed by atoms with van der Waals surface area (Å²) < 4.78 is 4.93. The van der Waals surface area contributed by atoms with Gasteiger partial charge in [-0.2, -0.15) is 0 Å². The Morgan fingerprint density at radius 3 is 2.68 bits per heavy atom. The second-order valence-corrected chi connectivity index (χ2v) is 5.74. The van der Waals surface area contributed by atoms with E-state index in [2.05, 4.69) is 15.2 Å². The average molecular weight is 362 g/mol. The van der Waals surface area contributed by atoms with Crippen molar-refractivity contribution in [3.63, 3.8) is 0 Å². The highest BCUT2D eigenvalue weighted by molar-refractivity contribution is 6.32. The zero-order valence-corrected chi connectivity index (χ0v) is 14.7. The molecule has 2 aromatic rings. The Bertz CT molecular complexity index is 710. The van der Waals surface area contributed by atoms with E-state index in [1.165, 1.54) is 12.3 Å². The first-order chi connectivity index (χ1) is 12.1. The molecule has 1 amide bonds. The number of para-hydroxylation sites is 1. The molecule has 0 radical (unpaired) electrons. The maximum Gasteiger partial charge on any atom is 0.341 e. The minimum Gasteiger partial charge on any atom is -0.452 e. The van der Waals surface area contributed by atoms with Gasteiger partial charge in [0.25, 0.3) is 5.91 Å². The van der Waals surface area contributed by atoms with Crippen LogP contribution in [-0.4, -0.2) is 43.6 Å². The highest BCUT2D eigenvalue weighted by Gasteiger charge is 2.13. The SMILES string of the molecule is CN(CCCNC(=O)COC(=O)c1cccnc1Cl)c1ccccc1. The molecule has 0 fully saturated rings. The minimum absolute atomic E-state index is 0.0526. The molecule has 0 aliphatic carbocycles. The van der Waals surface area contributed by atoms with Crippen LogP contribution in [0.5, 0.6) is 0 Å². The molecule has 0 aliphatic heterocycles. The zero-order chi connectivity index (χ0) is 18.1. The first kappa shape index (κ1) is 18.7. The number of rotatable bonds is 8. The lowest BCUT2D eigenvalue weighted by molar-refractivity contribution is -0.124. The standard InChI is InChI=1S/C18H20ClN3O3/c1-22(14-7-3-2-4-8-14)12-6-11-20-16(23)13-25-18(24)15-9-5-10-21-17(15)19/h2-5,7-10H,6,11-13H2,1H3,(H,20,23). The monoisotopic (exact) mass is 361 g/mol. The molecular weight excluding hydrogens is 342 g/mol. The predicted molar refractivity (Wildman–Crippen MR) is 96.9 cm³/mol. The molecule has 6 nitrogen and oxygen atoms in total. The number of nitrogens with one attached hydrogen (secondary N) is 1. The van der Waals surface area contributed by atoms with Gasteiger partial charge in [0.05, 0.1) is 5.56 Å². The number of hydrogen-bond donors (Lipinski definition) is 1. The van der Waals surface area contributed by atoms with Crippen molar-refractivity contribution in [2.45, 2.75) is 6.42 Å². The zero-order valence-electron chi connectivity index (χ0n) is 13.9.